The predicted molar refractivity (Wildman–Crippen MR) is 158 cm³/mol. The molecule has 196 valence electrons. The number of rotatable bonds is 10. The Hall–Kier alpha value is -4.07. The van der Waals surface area contributed by atoms with Crippen LogP contribution in [0.4, 0.5) is 17.1 Å². The van der Waals surface area contributed by atoms with Gasteiger partial charge < -0.3 is 26.0 Å². The second-order valence-electron chi connectivity index (χ2n) is 8.87. The number of hydrogen-bond donors (Lipinski definition) is 3. The number of ether oxygens (including phenoxy) is 1. The van der Waals surface area contributed by atoms with Gasteiger partial charge in [0.1, 0.15) is 5.82 Å². The molecule has 0 bridgehead atoms. The van der Waals surface area contributed by atoms with Crippen LogP contribution in [0.1, 0.15) is 17.5 Å². The first-order valence-corrected chi connectivity index (χ1v) is 12.9. The van der Waals surface area contributed by atoms with Crippen molar-refractivity contribution >= 4 is 46.5 Å². The maximum Gasteiger partial charge on any atom is 0.224 e. The third kappa shape index (κ3) is 8.23. The third-order valence-corrected chi connectivity index (χ3v) is 6.28. The van der Waals surface area contributed by atoms with Gasteiger partial charge in [-0.3, -0.25) is 4.79 Å². The van der Waals surface area contributed by atoms with Gasteiger partial charge in [0.05, 0.1) is 13.2 Å². The number of carbonyl (C=O) groups excluding carboxylic acids is 1. The molecule has 1 aliphatic rings. The highest BCUT2D eigenvalue weighted by Crippen LogP contribution is 2.20. The van der Waals surface area contributed by atoms with E-state index in [4.69, 9.17) is 22.1 Å². The quantitative estimate of drug-likeness (QED) is 0.293. The summed E-state index contributed by atoms with van der Waals surface area (Å²) in [5.41, 5.74) is 11.4. The van der Waals surface area contributed by atoms with Crippen LogP contribution in [0.25, 0.3) is 5.70 Å². The Morgan fingerprint density at radius 3 is 2.42 bits per heavy atom. The Labute approximate surface area is 228 Å². The number of carbonyl (C=O) groups is 1. The number of nitrogens with zero attached hydrogens (tertiary/aromatic N) is 2. The van der Waals surface area contributed by atoms with Crippen LogP contribution in [0, 0.1) is 0 Å². The molecule has 4 rings (SSSR count). The first kappa shape index (κ1) is 27.0. The second-order valence-corrected chi connectivity index (χ2v) is 9.31. The monoisotopic (exact) mass is 529 g/mol. The number of aryl methyl sites for hydroxylation is 1. The minimum Gasteiger partial charge on any atom is -0.398 e. The zero-order valence-electron chi connectivity index (χ0n) is 21.2. The summed E-state index contributed by atoms with van der Waals surface area (Å²) in [5.74, 6) is 0.444. The van der Waals surface area contributed by atoms with Crippen molar-refractivity contribution in [2.24, 2.45) is 10.7 Å². The van der Waals surface area contributed by atoms with Crippen LogP contribution >= 0.6 is 11.6 Å². The maximum absolute atomic E-state index is 12.3. The van der Waals surface area contributed by atoms with E-state index in [-0.39, 0.29) is 5.91 Å². The number of aliphatic imine (C=N–C) groups is 1. The Balaban J connectivity index is 1.23. The molecule has 0 atom stereocenters. The van der Waals surface area contributed by atoms with Gasteiger partial charge >= 0.3 is 0 Å². The molecule has 3 aromatic rings. The lowest BCUT2D eigenvalue weighted by Crippen LogP contribution is -2.36. The number of allylic oxidation sites excluding steroid dienone is 1. The molecule has 4 N–H and O–H groups in total. The Morgan fingerprint density at radius 1 is 1.03 bits per heavy atom. The zero-order valence-corrected chi connectivity index (χ0v) is 22.0. The Kier molecular flexibility index (Phi) is 9.56. The summed E-state index contributed by atoms with van der Waals surface area (Å²) in [7, 11) is 0. The van der Waals surface area contributed by atoms with Crippen molar-refractivity contribution < 1.29 is 9.53 Å². The van der Waals surface area contributed by atoms with E-state index in [1.165, 1.54) is 5.69 Å². The normalized spacial score (nSPS) is 13.9. The van der Waals surface area contributed by atoms with Gasteiger partial charge in [0.15, 0.2) is 0 Å². The lowest BCUT2D eigenvalue weighted by Gasteiger charge is -2.28. The van der Waals surface area contributed by atoms with E-state index in [1.54, 1.807) is 12.3 Å². The molecule has 1 saturated heterocycles. The van der Waals surface area contributed by atoms with E-state index in [1.807, 2.05) is 60.7 Å². The first-order valence-electron chi connectivity index (χ1n) is 12.5. The smallest absolute Gasteiger partial charge is 0.224 e. The molecular formula is C30H32ClN5O2. The number of nitrogens with one attached hydrogen (secondary N) is 2. The van der Waals surface area contributed by atoms with Crippen LogP contribution in [-0.4, -0.2) is 38.4 Å². The second kappa shape index (κ2) is 13.5. The minimum absolute atomic E-state index is 0.0601. The van der Waals surface area contributed by atoms with Crippen molar-refractivity contribution in [2.45, 2.75) is 12.8 Å². The van der Waals surface area contributed by atoms with Gasteiger partial charge in [-0.1, -0.05) is 42.4 Å². The first-order chi connectivity index (χ1) is 18.5. The molecule has 8 heteroatoms. The largest absolute Gasteiger partial charge is 0.398 e. The van der Waals surface area contributed by atoms with Crippen molar-refractivity contribution in [1.82, 2.24) is 0 Å². The average molecular weight is 530 g/mol. The van der Waals surface area contributed by atoms with E-state index >= 15 is 0 Å². The van der Waals surface area contributed by atoms with Crippen molar-refractivity contribution in [2.75, 3.05) is 41.8 Å². The van der Waals surface area contributed by atoms with Crippen molar-refractivity contribution in [3.05, 3.63) is 107 Å². The predicted octanol–water partition coefficient (Wildman–Crippen LogP) is 5.70. The topological polar surface area (TPSA) is 92.0 Å². The van der Waals surface area contributed by atoms with Gasteiger partial charge in [-0.2, -0.15) is 0 Å². The van der Waals surface area contributed by atoms with Crippen LogP contribution in [-0.2, 0) is 16.0 Å². The maximum atomic E-state index is 12.3. The number of halogens is 1. The van der Waals surface area contributed by atoms with Gasteiger partial charge in [-0.25, -0.2) is 4.99 Å². The van der Waals surface area contributed by atoms with E-state index in [0.29, 0.717) is 35.1 Å². The van der Waals surface area contributed by atoms with Crippen molar-refractivity contribution in [1.29, 1.82) is 0 Å². The minimum atomic E-state index is -0.0601. The molecule has 3 aromatic carbocycles. The van der Waals surface area contributed by atoms with E-state index in [2.05, 4.69) is 39.2 Å². The molecule has 1 fully saturated rings. The fraction of sp³-hybridized carbons (Fsp3) is 0.200. The zero-order chi connectivity index (χ0) is 26.7. The molecule has 1 amide bonds. The van der Waals surface area contributed by atoms with Crippen LogP contribution in [0.2, 0.25) is 5.02 Å². The lowest BCUT2D eigenvalue weighted by molar-refractivity contribution is -0.116. The Bertz CT molecular complexity index is 1300. The highest BCUT2D eigenvalue weighted by Gasteiger charge is 2.10. The SMILES string of the molecule is C=C(/N=C\C=C(/N)c1ccc(NC(=O)CCc2cccc(Cl)c2)cc1)Nc1ccc(N2CCOCC2)cc1. The molecule has 0 saturated carbocycles. The number of hydrogen-bond acceptors (Lipinski definition) is 6. The van der Waals surface area contributed by atoms with E-state index in [9.17, 15) is 4.79 Å². The highest BCUT2D eigenvalue weighted by atomic mass is 35.5. The molecule has 0 spiro atoms. The molecule has 1 aliphatic heterocycles. The molecule has 1 heterocycles. The summed E-state index contributed by atoms with van der Waals surface area (Å²) in [6, 6.07) is 23.1. The molecule has 38 heavy (non-hydrogen) atoms. The summed E-state index contributed by atoms with van der Waals surface area (Å²) in [6.45, 7) is 7.28. The lowest BCUT2D eigenvalue weighted by atomic mass is 10.1. The fourth-order valence-corrected chi connectivity index (χ4v) is 4.21. The summed E-state index contributed by atoms with van der Waals surface area (Å²) >= 11 is 6.00. The molecule has 0 aliphatic carbocycles. The number of nitrogens with two attached hydrogens (primary N) is 1. The number of benzene rings is 3. The average Bonchev–Trinajstić information content (AvgIpc) is 2.93. The fourth-order valence-electron chi connectivity index (χ4n) is 4.00. The number of morpholine rings is 1. The van der Waals surface area contributed by atoms with Crippen LogP contribution < -0.4 is 21.3 Å². The van der Waals surface area contributed by atoms with Gasteiger partial charge in [0.25, 0.3) is 0 Å². The molecular weight excluding hydrogens is 498 g/mol. The van der Waals surface area contributed by atoms with Crippen molar-refractivity contribution in [3.63, 3.8) is 0 Å². The molecule has 0 radical (unpaired) electrons. The molecule has 7 nitrogen and oxygen atoms in total. The Morgan fingerprint density at radius 2 is 1.71 bits per heavy atom. The summed E-state index contributed by atoms with van der Waals surface area (Å²) in [6.07, 6.45) is 4.32. The summed E-state index contributed by atoms with van der Waals surface area (Å²) in [4.78, 5) is 18.9. The van der Waals surface area contributed by atoms with Gasteiger partial charge in [-0.15, -0.1) is 0 Å². The molecule has 0 aromatic heterocycles. The molecule has 0 unspecified atom stereocenters. The van der Waals surface area contributed by atoms with Gasteiger partial charge in [0, 0.05) is 53.5 Å². The van der Waals surface area contributed by atoms with Crippen molar-refractivity contribution in [3.8, 4) is 0 Å². The summed E-state index contributed by atoms with van der Waals surface area (Å²) in [5, 5.41) is 6.76. The third-order valence-electron chi connectivity index (χ3n) is 6.05. The van der Waals surface area contributed by atoms with Gasteiger partial charge in [0.2, 0.25) is 5.91 Å². The summed E-state index contributed by atoms with van der Waals surface area (Å²) < 4.78 is 5.41. The van der Waals surface area contributed by atoms with Crippen LogP contribution in [0.5, 0.6) is 0 Å². The van der Waals surface area contributed by atoms with E-state index in [0.717, 1.165) is 43.1 Å². The number of amides is 1. The van der Waals surface area contributed by atoms with Gasteiger partial charge in [-0.05, 0) is 72.2 Å². The highest BCUT2D eigenvalue weighted by molar-refractivity contribution is 6.30. The van der Waals surface area contributed by atoms with Crippen LogP contribution in [0.15, 0.2) is 96.3 Å². The standard InChI is InChI=1S/C30H32ClN5O2/c1-22(34-26-10-12-28(13-11-26)36-17-19-38-20-18-36)33-16-15-29(32)24-6-8-27(9-7-24)35-30(37)14-5-23-3-2-4-25(31)21-23/h2-4,6-13,15-16,21,34H,1,5,14,17-20,32H2,(H,35,37)/b29-15-,33-16-. The van der Waals surface area contributed by atoms with Crippen LogP contribution in [0.3, 0.4) is 0 Å². The number of anilines is 3. The van der Waals surface area contributed by atoms with E-state index < -0.39 is 0 Å².